The Labute approximate surface area is 90.2 Å². The normalized spacial score (nSPS) is 12.5. The third-order valence-electron chi connectivity index (χ3n) is 2.47. The molecule has 0 saturated carbocycles. The summed E-state index contributed by atoms with van der Waals surface area (Å²) in [7, 11) is 1.45. The van der Waals surface area contributed by atoms with Crippen molar-refractivity contribution in [1.82, 2.24) is 0 Å². The van der Waals surface area contributed by atoms with Gasteiger partial charge in [-0.2, -0.15) is 0 Å². The van der Waals surface area contributed by atoms with E-state index in [9.17, 15) is 4.39 Å². The minimum atomic E-state index is -0.345. The van der Waals surface area contributed by atoms with Gasteiger partial charge in [-0.25, -0.2) is 4.39 Å². The highest BCUT2D eigenvalue weighted by Crippen LogP contribution is 2.23. The summed E-state index contributed by atoms with van der Waals surface area (Å²) in [6.07, 6.45) is 3.06. The van der Waals surface area contributed by atoms with E-state index in [4.69, 9.17) is 10.5 Å². The van der Waals surface area contributed by atoms with E-state index in [1.165, 1.54) is 13.2 Å². The first-order valence-electron chi connectivity index (χ1n) is 5.28. The second-order valence-electron chi connectivity index (χ2n) is 3.64. The summed E-state index contributed by atoms with van der Waals surface area (Å²) in [4.78, 5) is 0. The Bertz CT molecular complexity index is 314. The Morgan fingerprint density at radius 3 is 2.73 bits per heavy atom. The van der Waals surface area contributed by atoms with Gasteiger partial charge in [0.05, 0.1) is 7.11 Å². The van der Waals surface area contributed by atoms with Gasteiger partial charge in [-0.1, -0.05) is 25.8 Å². The maximum Gasteiger partial charge on any atom is 0.165 e. The highest BCUT2D eigenvalue weighted by Gasteiger charge is 2.09. The summed E-state index contributed by atoms with van der Waals surface area (Å²) in [5, 5.41) is 0. The molecule has 0 saturated heterocycles. The Balaban J connectivity index is 2.73. The molecule has 0 heterocycles. The molecule has 1 aromatic carbocycles. The first-order valence-corrected chi connectivity index (χ1v) is 5.28. The van der Waals surface area contributed by atoms with Gasteiger partial charge in [-0.05, 0) is 24.1 Å². The van der Waals surface area contributed by atoms with Gasteiger partial charge < -0.3 is 10.5 Å². The predicted octanol–water partition coefficient (Wildman–Crippen LogP) is 3.02. The molecule has 0 bridgehead atoms. The van der Waals surface area contributed by atoms with Crippen LogP contribution in [-0.4, -0.2) is 7.11 Å². The van der Waals surface area contributed by atoms with E-state index in [2.05, 4.69) is 6.92 Å². The van der Waals surface area contributed by atoms with Crippen LogP contribution in [0.25, 0.3) is 0 Å². The molecule has 0 aliphatic heterocycles. The molecule has 15 heavy (non-hydrogen) atoms. The first kappa shape index (κ1) is 12.0. The Hall–Kier alpha value is -1.09. The molecule has 3 heteroatoms. The van der Waals surface area contributed by atoms with Crippen molar-refractivity contribution >= 4 is 0 Å². The highest BCUT2D eigenvalue weighted by atomic mass is 19.1. The second kappa shape index (κ2) is 5.71. The minimum absolute atomic E-state index is 0.0784. The van der Waals surface area contributed by atoms with E-state index in [-0.39, 0.29) is 17.6 Å². The topological polar surface area (TPSA) is 35.2 Å². The number of ether oxygens (including phenoxy) is 1. The molecule has 1 rings (SSSR count). The van der Waals surface area contributed by atoms with Crippen molar-refractivity contribution in [3.63, 3.8) is 0 Å². The summed E-state index contributed by atoms with van der Waals surface area (Å²) in [6.45, 7) is 2.11. The molecule has 0 aliphatic rings. The van der Waals surface area contributed by atoms with Crippen molar-refractivity contribution in [3.8, 4) is 5.75 Å². The van der Waals surface area contributed by atoms with Crippen LogP contribution in [-0.2, 0) is 0 Å². The quantitative estimate of drug-likeness (QED) is 0.812. The average molecular weight is 211 g/mol. The highest BCUT2D eigenvalue weighted by molar-refractivity contribution is 5.30. The van der Waals surface area contributed by atoms with Gasteiger partial charge >= 0.3 is 0 Å². The molecule has 0 amide bonds. The van der Waals surface area contributed by atoms with Gasteiger partial charge in [-0.3, -0.25) is 0 Å². The summed E-state index contributed by atoms with van der Waals surface area (Å²) < 4.78 is 18.2. The lowest BCUT2D eigenvalue weighted by atomic mass is 10.0. The molecular weight excluding hydrogens is 193 g/mol. The van der Waals surface area contributed by atoms with Crippen LogP contribution in [0.4, 0.5) is 4.39 Å². The van der Waals surface area contributed by atoms with Crippen LogP contribution in [0.15, 0.2) is 18.2 Å². The third-order valence-corrected chi connectivity index (χ3v) is 2.47. The fourth-order valence-corrected chi connectivity index (χ4v) is 1.50. The maximum atomic E-state index is 13.4. The molecule has 1 aromatic rings. The Morgan fingerprint density at radius 1 is 1.47 bits per heavy atom. The number of nitrogens with two attached hydrogens (primary N) is 1. The monoisotopic (exact) mass is 211 g/mol. The Kier molecular flexibility index (Phi) is 4.56. The molecule has 0 aliphatic carbocycles. The first-order chi connectivity index (χ1) is 7.19. The average Bonchev–Trinajstić information content (AvgIpc) is 2.25. The SMILES string of the molecule is CCCC[C@@H](N)c1ccc(OC)c(F)c1. The van der Waals surface area contributed by atoms with Crippen molar-refractivity contribution < 1.29 is 9.13 Å². The van der Waals surface area contributed by atoms with Gasteiger partial charge in [0.25, 0.3) is 0 Å². The molecular formula is C12H18FNO. The second-order valence-corrected chi connectivity index (χ2v) is 3.64. The molecule has 2 nitrogen and oxygen atoms in total. The largest absolute Gasteiger partial charge is 0.494 e. The molecule has 0 aromatic heterocycles. The smallest absolute Gasteiger partial charge is 0.165 e. The fraction of sp³-hybridized carbons (Fsp3) is 0.500. The number of unbranched alkanes of at least 4 members (excludes halogenated alkanes) is 1. The zero-order chi connectivity index (χ0) is 11.3. The minimum Gasteiger partial charge on any atom is -0.494 e. The summed E-state index contributed by atoms with van der Waals surface area (Å²) in [5.41, 5.74) is 6.77. The van der Waals surface area contributed by atoms with Crippen LogP contribution >= 0.6 is 0 Å². The lowest BCUT2D eigenvalue weighted by molar-refractivity contribution is 0.385. The van der Waals surface area contributed by atoms with Crippen LogP contribution in [0.5, 0.6) is 5.75 Å². The molecule has 2 N–H and O–H groups in total. The summed E-state index contributed by atoms with van der Waals surface area (Å²) >= 11 is 0. The lowest BCUT2D eigenvalue weighted by Gasteiger charge is -2.12. The van der Waals surface area contributed by atoms with Crippen molar-refractivity contribution in [1.29, 1.82) is 0 Å². The molecule has 0 radical (unpaired) electrons. The molecule has 0 fully saturated rings. The number of hydrogen-bond acceptors (Lipinski definition) is 2. The Morgan fingerprint density at radius 2 is 2.20 bits per heavy atom. The van der Waals surface area contributed by atoms with Gasteiger partial charge in [0.1, 0.15) is 0 Å². The van der Waals surface area contributed by atoms with Crippen molar-refractivity contribution in [2.75, 3.05) is 7.11 Å². The fourth-order valence-electron chi connectivity index (χ4n) is 1.50. The van der Waals surface area contributed by atoms with Gasteiger partial charge in [0.15, 0.2) is 11.6 Å². The zero-order valence-corrected chi connectivity index (χ0v) is 9.29. The van der Waals surface area contributed by atoms with Crippen molar-refractivity contribution in [3.05, 3.63) is 29.6 Å². The lowest BCUT2D eigenvalue weighted by Crippen LogP contribution is -2.10. The van der Waals surface area contributed by atoms with Crippen LogP contribution < -0.4 is 10.5 Å². The standard InChI is InChI=1S/C12H18FNO/c1-3-4-5-11(14)9-6-7-12(15-2)10(13)8-9/h6-8,11H,3-5,14H2,1-2H3/t11-/m1/s1. The zero-order valence-electron chi connectivity index (χ0n) is 9.29. The van der Waals surface area contributed by atoms with E-state index in [0.29, 0.717) is 0 Å². The number of halogens is 1. The molecule has 1 atom stereocenters. The van der Waals surface area contributed by atoms with Gasteiger partial charge in [0, 0.05) is 6.04 Å². The van der Waals surface area contributed by atoms with E-state index in [1.54, 1.807) is 6.07 Å². The van der Waals surface area contributed by atoms with Crippen molar-refractivity contribution in [2.45, 2.75) is 32.2 Å². The van der Waals surface area contributed by atoms with Crippen LogP contribution in [0, 0.1) is 5.82 Å². The van der Waals surface area contributed by atoms with Crippen molar-refractivity contribution in [2.24, 2.45) is 5.73 Å². The molecule has 0 spiro atoms. The van der Waals surface area contributed by atoms with E-state index >= 15 is 0 Å². The summed E-state index contributed by atoms with van der Waals surface area (Å²) in [6, 6.07) is 4.82. The molecule has 0 unspecified atom stereocenters. The third kappa shape index (κ3) is 3.20. The van der Waals surface area contributed by atoms with Crippen LogP contribution in [0.2, 0.25) is 0 Å². The van der Waals surface area contributed by atoms with Crippen LogP contribution in [0.1, 0.15) is 37.8 Å². The maximum absolute atomic E-state index is 13.4. The van der Waals surface area contributed by atoms with Crippen LogP contribution in [0.3, 0.4) is 0 Å². The number of hydrogen-bond donors (Lipinski definition) is 1. The van der Waals surface area contributed by atoms with Gasteiger partial charge in [-0.15, -0.1) is 0 Å². The van der Waals surface area contributed by atoms with Gasteiger partial charge in [0.2, 0.25) is 0 Å². The number of methoxy groups -OCH3 is 1. The number of benzene rings is 1. The predicted molar refractivity (Wildman–Crippen MR) is 59.4 cm³/mol. The van der Waals surface area contributed by atoms with E-state index in [1.807, 2.05) is 6.07 Å². The van der Waals surface area contributed by atoms with E-state index in [0.717, 1.165) is 24.8 Å². The number of rotatable bonds is 5. The molecule has 84 valence electrons. The summed E-state index contributed by atoms with van der Waals surface area (Å²) in [5.74, 6) is -0.0802. The van der Waals surface area contributed by atoms with E-state index < -0.39 is 0 Å².